The highest BCUT2D eigenvalue weighted by Crippen LogP contribution is 2.18. The van der Waals surface area contributed by atoms with Crippen LogP contribution >= 0.6 is 0 Å². The molecule has 0 unspecified atom stereocenters. The first kappa shape index (κ1) is 10.1. The van der Waals surface area contributed by atoms with Gasteiger partial charge in [-0.25, -0.2) is 9.78 Å². The lowest BCUT2D eigenvalue weighted by atomic mass is 9.93. The maximum Gasteiger partial charge on any atom is 0.354 e. The van der Waals surface area contributed by atoms with E-state index in [0.29, 0.717) is 6.04 Å². The fraction of sp³-hybridized carbons (Fsp3) is 0.455. The average Bonchev–Trinajstić information content (AvgIpc) is 2.16. The Morgan fingerprint density at radius 2 is 2.40 bits per heavy atom. The minimum Gasteiger partial charge on any atom is -0.477 e. The van der Waals surface area contributed by atoms with Crippen molar-refractivity contribution in [2.24, 2.45) is 0 Å². The van der Waals surface area contributed by atoms with Gasteiger partial charge in [-0.1, -0.05) is 6.42 Å². The van der Waals surface area contributed by atoms with Gasteiger partial charge >= 0.3 is 5.97 Å². The van der Waals surface area contributed by atoms with E-state index in [1.54, 1.807) is 12.3 Å². The third-order valence-electron chi connectivity index (χ3n) is 2.74. The van der Waals surface area contributed by atoms with Gasteiger partial charge in [0.15, 0.2) is 0 Å². The molecule has 0 radical (unpaired) electrons. The first-order chi connectivity index (χ1) is 7.25. The maximum absolute atomic E-state index is 10.7. The van der Waals surface area contributed by atoms with Gasteiger partial charge in [0.1, 0.15) is 5.69 Å². The molecule has 2 rings (SSSR count). The number of pyridine rings is 1. The molecule has 0 atom stereocenters. The molecular weight excluding hydrogens is 192 g/mol. The molecule has 0 aliphatic heterocycles. The number of rotatable bonds is 4. The Hall–Kier alpha value is -1.42. The number of hydrogen-bond acceptors (Lipinski definition) is 3. The third-order valence-corrected chi connectivity index (χ3v) is 2.74. The molecule has 2 N–H and O–H groups in total. The second-order valence-electron chi connectivity index (χ2n) is 3.86. The lowest BCUT2D eigenvalue weighted by Gasteiger charge is -2.26. The predicted octanol–water partition coefficient (Wildman–Crippen LogP) is 1.42. The second kappa shape index (κ2) is 4.40. The van der Waals surface area contributed by atoms with Crippen LogP contribution in [0, 0.1) is 0 Å². The van der Waals surface area contributed by atoms with Crippen molar-refractivity contribution in [2.75, 3.05) is 0 Å². The number of aromatic nitrogens is 1. The molecule has 1 saturated carbocycles. The topological polar surface area (TPSA) is 62.2 Å². The van der Waals surface area contributed by atoms with Crippen LogP contribution in [0.25, 0.3) is 0 Å². The van der Waals surface area contributed by atoms with Gasteiger partial charge in [-0.3, -0.25) is 0 Å². The fourth-order valence-electron chi connectivity index (χ4n) is 1.58. The van der Waals surface area contributed by atoms with Crippen LogP contribution < -0.4 is 5.32 Å². The summed E-state index contributed by atoms with van der Waals surface area (Å²) in [6, 6.07) is 4.08. The van der Waals surface area contributed by atoms with Crippen molar-refractivity contribution in [1.29, 1.82) is 0 Å². The fourth-order valence-corrected chi connectivity index (χ4v) is 1.58. The van der Waals surface area contributed by atoms with E-state index in [4.69, 9.17) is 5.11 Å². The number of carboxylic acids is 1. The van der Waals surface area contributed by atoms with Crippen molar-refractivity contribution in [3.8, 4) is 0 Å². The largest absolute Gasteiger partial charge is 0.477 e. The SMILES string of the molecule is O=C(O)c1cc(CNC2CCC2)ccn1. The molecule has 1 aromatic heterocycles. The standard InChI is InChI=1S/C11H14N2O2/c14-11(15)10-6-8(4-5-12-10)7-13-9-2-1-3-9/h4-6,9,13H,1-3,7H2,(H,14,15). The van der Waals surface area contributed by atoms with Crippen LogP contribution in [-0.4, -0.2) is 22.1 Å². The van der Waals surface area contributed by atoms with E-state index >= 15 is 0 Å². The zero-order valence-electron chi connectivity index (χ0n) is 8.44. The van der Waals surface area contributed by atoms with Crippen LogP contribution in [0.15, 0.2) is 18.3 Å². The van der Waals surface area contributed by atoms with Gasteiger partial charge in [-0.2, -0.15) is 0 Å². The summed E-state index contributed by atoms with van der Waals surface area (Å²) >= 11 is 0. The number of carboxylic acid groups (broad SMARTS) is 1. The van der Waals surface area contributed by atoms with Gasteiger partial charge in [0.25, 0.3) is 0 Å². The highest BCUT2D eigenvalue weighted by atomic mass is 16.4. The summed E-state index contributed by atoms with van der Waals surface area (Å²) in [6.07, 6.45) is 5.31. The molecule has 0 saturated heterocycles. The Kier molecular flexibility index (Phi) is 2.97. The Labute approximate surface area is 88.3 Å². The molecule has 1 aliphatic carbocycles. The summed E-state index contributed by atoms with van der Waals surface area (Å²) in [7, 11) is 0. The smallest absolute Gasteiger partial charge is 0.354 e. The molecule has 0 spiro atoms. The summed E-state index contributed by atoms with van der Waals surface area (Å²) in [4.78, 5) is 14.4. The van der Waals surface area contributed by atoms with Crippen LogP contribution in [0.1, 0.15) is 35.3 Å². The molecule has 1 fully saturated rings. The highest BCUT2D eigenvalue weighted by molar-refractivity contribution is 5.85. The Morgan fingerprint density at radius 3 is 3.00 bits per heavy atom. The van der Waals surface area contributed by atoms with Gasteiger partial charge < -0.3 is 10.4 Å². The molecule has 1 aromatic rings. The third kappa shape index (κ3) is 2.53. The van der Waals surface area contributed by atoms with E-state index in [9.17, 15) is 4.79 Å². The normalized spacial score (nSPS) is 16.0. The quantitative estimate of drug-likeness (QED) is 0.782. The van der Waals surface area contributed by atoms with E-state index in [2.05, 4.69) is 10.3 Å². The van der Waals surface area contributed by atoms with Crippen molar-refractivity contribution < 1.29 is 9.90 Å². The van der Waals surface area contributed by atoms with Crippen molar-refractivity contribution in [1.82, 2.24) is 10.3 Å². The average molecular weight is 206 g/mol. The van der Waals surface area contributed by atoms with E-state index in [-0.39, 0.29) is 5.69 Å². The van der Waals surface area contributed by atoms with Crippen LogP contribution in [-0.2, 0) is 6.54 Å². The van der Waals surface area contributed by atoms with E-state index < -0.39 is 5.97 Å². The van der Waals surface area contributed by atoms with Crippen LogP contribution in [0.5, 0.6) is 0 Å². The highest BCUT2D eigenvalue weighted by Gasteiger charge is 2.16. The first-order valence-electron chi connectivity index (χ1n) is 5.17. The molecule has 4 nitrogen and oxygen atoms in total. The molecule has 0 amide bonds. The first-order valence-corrected chi connectivity index (χ1v) is 5.17. The van der Waals surface area contributed by atoms with Crippen molar-refractivity contribution >= 4 is 5.97 Å². The number of aromatic carboxylic acids is 1. The second-order valence-corrected chi connectivity index (χ2v) is 3.86. The molecule has 0 bridgehead atoms. The minimum absolute atomic E-state index is 0.114. The molecule has 4 heteroatoms. The van der Waals surface area contributed by atoms with Crippen LogP contribution in [0.4, 0.5) is 0 Å². The van der Waals surface area contributed by atoms with E-state index in [0.717, 1.165) is 12.1 Å². The van der Waals surface area contributed by atoms with Crippen molar-refractivity contribution in [3.05, 3.63) is 29.6 Å². The van der Waals surface area contributed by atoms with Gasteiger partial charge in [-0.05, 0) is 30.5 Å². The zero-order chi connectivity index (χ0) is 10.7. The van der Waals surface area contributed by atoms with Gasteiger partial charge in [0, 0.05) is 18.8 Å². The Balaban J connectivity index is 1.94. The van der Waals surface area contributed by atoms with Crippen LogP contribution in [0.2, 0.25) is 0 Å². The molecule has 15 heavy (non-hydrogen) atoms. The monoisotopic (exact) mass is 206 g/mol. The summed E-state index contributed by atoms with van der Waals surface area (Å²) in [5, 5.41) is 12.1. The number of hydrogen-bond donors (Lipinski definition) is 2. The molecular formula is C11H14N2O2. The zero-order valence-corrected chi connectivity index (χ0v) is 8.44. The predicted molar refractivity (Wildman–Crippen MR) is 55.7 cm³/mol. The lowest BCUT2D eigenvalue weighted by Crippen LogP contribution is -2.34. The number of carbonyl (C=O) groups is 1. The summed E-state index contributed by atoms with van der Waals surface area (Å²) < 4.78 is 0. The minimum atomic E-state index is -0.972. The van der Waals surface area contributed by atoms with Crippen molar-refractivity contribution in [3.63, 3.8) is 0 Å². The number of nitrogens with one attached hydrogen (secondary N) is 1. The van der Waals surface area contributed by atoms with E-state index in [1.807, 2.05) is 6.07 Å². The van der Waals surface area contributed by atoms with Gasteiger partial charge in [0.2, 0.25) is 0 Å². The van der Waals surface area contributed by atoms with Crippen molar-refractivity contribution in [2.45, 2.75) is 31.8 Å². The lowest BCUT2D eigenvalue weighted by molar-refractivity contribution is 0.0690. The molecule has 0 aromatic carbocycles. The molecule has 1 aliphatic rings. The summed E-state index contributed by atoms with van der Waals surface area (Å²) in [6.45, 7) is 0.730. The Bertz CT molecular complexity index is 361. The Morgan fingerprint density at radius 1 is 1.60 bits per heavy atom. The molecule has 80 valence electrons. The van der Waals surface area contributed by atoms with Gasteiger partial charge in [0.05, 0.1) is 0 Å². The molecule has 1 heterocycles. The maximum atomic E-state index is 10.7. The van der Waals surface area contributed by atoms with E-state index in [1.165, 1.54) is 19.3 Å². The number of nitrogens with zero attached hydrogens (tertiary/aromatic N) is 1. The van der Waals surface area contributed by atoms with Crippen LogP contribution in [0.3, 0.4) is 0 Å². The van der Waals surface area contributed by atoms with Gasteiger partial charge in [-0.15, -0.1) is 0 Å². The summed E-state index contributed by atoms with van der Waals surface area (Å²) in [5.74, 6) is -0.972. The summed E-state index contributed by atoms with van der Waals surface area (Å²) in [5.41, 5.74) is 1.09.